The van der Waals surface area contributed by atoms with Crippen LogP contribution >= 0.6 is 0 Å². The van der Waals surface area contributed by atoms with Gasteiger partial charge in [-0.2, -0.15) is 5.10 Å². The number of piperidine rings is 2. The lowest BCUT2D eigenvalue weighted by atomic mass is 9.85. The van der Waals surface area contributed by atoms with Gasteiger partial charge in [0.2, 0.25) is 11.8 Å². The van der Waals surface area contributed by atoms with Crippen molar-refractivity contribution in [3.63, 3.8) is 0 Å². The molecule has 5 amide bonds. The number of fused-ring (bicyclic) bond motifs is 2. The van der Waals surface area contributed by atoms with Gasteiger partial charge in [-0.25, -0.2) is 4.68 Å². The smallest absolute Gasteiger partial charge is 0.262 e. The van der Waals surface area contributed by atoms with Gasteiger partial charge in [0, 0.05) is 62.5 Å². The van der Waals surface area contributed by atoms with Crippen LogP contribution in [0.1, 0.15) is 69.2 Å². The summed E-state index contributed by atoms with van der Waals surface area (Å²) >= 11 is 0. The molecule has 15 heteroatoms. The topological polar surface area (TPSA) is 175 Å². The van der Waals surface area contributed by atoms with Crippen molar-refractivity contribution < 1.29 is 28.7 Å². The van der Waals surface area contributed by atoms with E-state index in [1.54, 1.807) is 12.1 Å². The molecule has 4 aromatic rings. The van der Waals surface area contributed by atoms with Gasteiger partial charge in [0.1, 0.15) is 34.6 Å². The summed E-state index contributed by atoms with van der Waals surface area (Å²) in [5.41, 5.74) is 9.31. The van der Waals surface area contributed by atoms with Gasteiger partial charge < -0.3 is 20.7 Å². The fraction of sp³-hybridized carbons (Fsp3) is 0.395. The third-order valence-electron chi connectivity index (χ3n) is 13.0. The second kappa shape index (κ2) is 14.4. The van der Waals surface area contributed by atoms with E-state index >= 15 is 0 Å². The molecule has 0 aliphatic carbocycles. The normalized spacial score (nSPS) is 23.2. The molecule has 0 saturated carbocycles. The van der Waals surface area contributed by atoms with Crippen LogP contribution in [0.2, 0.25) is 0 Å². The first kappa shape index (κ1) is 36.3. The number of para-hydroxylation sites is 1. The molecule has 0 radical (unpaired) electrons. The molecule has 3 aromatic carbocycles. The summed E-state index contributed by atoms with van der Waals surface area (Å²) in [6, 6.07) is 22.7. The second-order valence-corrected chi connectivity index (χ2v) is 16.3. The number of nitrogens with one attached hydrogen (secondary N) is 2. The molecule has 1 aromatic heterocycles. The number of hydrogen-bond acceptors (Lipinski definition) is 11. The van der Waals surface area contributed by atoms with Gasteiger partial charge in [0.05, 0.1) is 17.2 Å². The minimum absolute atomic E-state index is 0.0937. The van der Waals surface area contributed by atoms with E-state index in [0.29, 0.717) is 52.0 Å². The van der Waals surface area contributed by atoms with Crippen molar-refractivity contribution >= 4 is 41.0 Å². The lowest BCUT2D eigenvalue weighted by Crippen LogP contribution is -2.70. The van der Waals surface area contributed by atoms with E-state index in [9.17, 15) is 24.0 Å². The Morgan fingerprint density at radius 2 is 1.48 bits per heavy atom. The Kier molecular flexibility index (Phi) is 9.01. The number of carbonyl (C=O) groups excluding carboxylic acids is 5. The minimum atomic E-state index is -0.970. The molecule has 58 heavy (non-hydrogen) atoms. The van der Waals surface area contributed by atoms with Crippen LogP contribution in [0.25, 0.3) is 11.3 Å². The third-order valence-corrected chi connectivity index (χ3v) is 13.0. The number of primary amides is 1. The zero-order chi connectivity index (χ0) is 39.7. The van der Waals surface area contributed by atoms with Crippen LogP contribution in [0, 0.1) is 5.92 Å². The molecule has 4 N–H and O–H groups in total. The first-order valence-electron chi connectivity index (χ1n) is 20.3. The van der Waals surface area contributed by atoms with Crippen LogP contribution < -0.4 is 26.0 Å². The van der Waals surface area contributed by atoms with Crippen molar-refractivity contribution in [3.8, 4) is 22.8 Å². The number of anilines is 2. The van der Waals surface area contributed by atoms with Gasteiger partial charge >= 0.3 is 0 Å². The first-order chi connectivity index (χ1) is 28.2. The van der Waals surface area contributed by atoms with Crippen LogP contribution in [-0.4, -0.2) is 118 Å². The Balaban J connectivity index is 0.728. The monoisotopic (exact) mass is 783 g/mol. The van der Waals surface area contributed by atoms with Crippen molar-refractivity contribution in [2.24, 2.45) is 11.7 Å². The molecule has 2 unspecified atom stereocenters. The number of carbonyl (C=O) groups is 5. The van der Waals surface area contributed by atoms with Crippen molar-refractivity contribution in [2.45, 2.75) is 56.3 Å². The average Bonchev–Trinajstić information content (AvgIpc) is 3.71. The molecule has 4 fully saturated rings. The van der Waals surface area contributed by atoms with E-state index in [-0.39, 0.29) is 18.9 Å². The average molecular weight is 784 g/mol. The Labute approximate surface area is 335 Å². The molecule has 0 spiro atoms. The van der Waals surface area contributed by atoms with Gasteiger partial charge in [0.15, 0.2) is 0 Å². The molecular weight excluding hydrogens is 739 g/mol. The number of benzene rings is 3. The molecule has 15 nitrogen and oxygen atoms in total. The highest BCUT2D eigenvalue weighted by molar-refractivity contribution is 6.23. The van der Waals surface area contributed by atoms with E-state index in [1.165, 1.54) is 0 Å². The molecule has 6 aliphatic rings. The molecule has 6 aliphatic heterocycles. The Morgan fingerprint density at radius 3 is 2.21 bits per heavy atom. The summed E-state index contributed by atoms with van der Waals surface area (Å²) in [7, 11) is 0. The van der Waals surface area contributed by atoms with E-state index < -0.39 is 35.6 Å². The van der Waals surface area contributed by atoms with Crippen molar-refractivity contribution in [1.29, 1.82) is 0 Å². The van der Waals surface area contributed by atoms with Gasteiger partial charge in [-0.05, 0) is 99.3 Å². The number of imide groups is 2. The maximum absolute atomic E-state index is 13.3. The quantitative estimate of drug-likeness (QED) is 0.212. The lowest BCUT2D eigenvalue weighted by molar-refractivity contribution is -0.136. The predicted octanol–water partition coefficient (Wildman–Crippen LogP) is 3.48. The fourth-order valence-corrected chi connectivity index (χ4v) is 9.72. The van der Waals surface area contributed by atoms with Crippen LogP contribution in [0.4, 0.5) is 11.5 Å². The zero-order valence-corrected chi connectivity index (χ0v) is 32.0. The van der Waals surface area contributed by atoms with Gasteiger partial charge in [0.25, 0.3) is 17.7 Å². The van der Waals surface area contributed by atoms with E-state index in [0.717, 1.165) is 87.0 Å². The van der Waals surface area contributed by atoms with E-state index in [4.69, 9.17) is 15.6 Å². The lowest BCUT2D eigenvalue weighted by Gasteiger charge is -2.55. The van der Waals surface area contributed by atoms with Gasteiger partial charge in [-0.3, -0.25) is 44.0 Å². The molecule has 10 rings (SSSR count). The predicted molar refractivity (Wildman–Crippen MR) is 214 cm³/mol. The van der Waals surface area contributed by atoms with Gasteiger partial charge in [-0.1, -0.05) is 18.2 Å². The number of hydrogen-bond donors (Lipinski definition) is 3. The summed E-state index contributed by atoms with van der Waals surface area (Å²) in [6.07, 6.45) is 3.29. The van der Waals surface area contributed by atoms with E-state index in [2.05, 4.69) is 25.3 Å². The second-order valence-electron chi connectivity index (χ2n) is 16.3. The highest BCUT2D eigenvalue weighted by atomic mass is 16.5. The number of aromatic nitrogens is 2. The largest absolute Gasteiger partial charge is 0.457 e. The first-order valence-corrected chi connectivity index (χ1v) is 20.3. The molecule has 7 heterocycles. The van der Waals surface area contributed by atoms with Crippen LogP contribution in [-0.2, 0) is 9.59 Å². The Bertz CT molecular complexity index is 2310. The van der Waals surface area contributed by atoms with Crippen LogP contribution in [0.15, 0.2) is 72.8 Å². The van der Waals surface area contributed by atoms with Crippen LogP contribution in [0.5, 0.6) is 11.5 Å². The maximum Gasteiger partial charge on any atom is 0.262 e. The molecule has 298 valence electrons. The summed E-state index contributed by atoms with van der Waals surface area (Å²) in [4.78, 5) is 71.8. The van der Waals surface area contributed by atoms with Crippen molar-refractivity contribution in [3.05, 3.63) is 89.5 Å². The molecule has 4 saturated heterocycles. The third kappa shape index (κ3) is 6.29. The molecular formula is C43H45N9O6. The number of likely N-dealkylation sites (tertiary alicyclic amines) is 2. The number of rotatable bonds is 9. The number of ether oxygens (including phenoxy) is 1. The Morgan fingerprint density at radius 1 is 0.776 bits per heavy atom. The summed E-state index contributed by atoms with van der Waals surface area (Å²) in [5, 5.41) is 10.7. The SMILES string of the molecule is NC(=O)c1c(-c2ccc(Oc3ccccc3)cc2)nn2c1NCCC2C1CCN(C2CN(C3CN(c4ccc5c(c4)C(=O)N(C4CCC(=O)NC4=O)C5=O)C3)C2)CC1. The number of amides is 5. The minimum Gasteiger partial charge on any atom is -0.457 e. The van der Waals surface area contributed by atoms with Crippen LogP contribution in [0.3, 0.4) is 0 Å². The summed E-state index contributed by atoms with van der Waals surface area (Å²) in [6.45, 7) is 6.55. The number of nitrogens with zero attached hydrogens (tertiary/aromatic N) is 6. The molecule has 0 bridgehead atoms. The highest BCUT2D eigenvalue weighted by Crippen LogP contribution is 2.41. The summed E-state index contributed by atoms with van der Waals surface area (Å²) in [5.74, 6) is 0.140. The van der Waals surface area contributed by atoms with Crippen molar-refractivity contribution in [1.82, 2.24) is 29.8 Å². The highest BCUT2D eigenvalue weighted by Gasteiger charge is 2.46. The number of nitrogens with two attached hydrogens (primary N) is 1. The fourth-order valence-electron chi connectivity index (χ4n) is 9.72. The Hall–Kier alpha value is -6.06. The summed E-state index contributed by atoms with van der Waals surface area (Å²) < 4.78 is 8.01. The zero-order valence-electron chi connectivity index (χ0n) is 32.0. The maximum atomic E-state index is 13.3. The van der Waals surface area contributed by atoms with Crippen molar-refractivity contribution in [2.75, 3.05) is 56.0 Å². The molecule has 2 atom stereocenters. The van der Waals surface area contributed by atoms with E-state index in [1.807, 2.05) is 65.3 Å². The van der Waals surface area contributed by atoms with Gasteiger partial charge in [-0.15, -0.1) is 0 Å². The standard InChI is InChI=1S/C43H45N9O6/c44-39(54)37-38(26-6-9-31(10-7-26)58-30-4-2-1-3-5-30)47-52-34(14-17-45-40(37)52)25-15-18-48(19-16-25)28-21-50(22-28)29-23-49(24-29)27-8-11-32-33(20-27)43(57)51(42(32)56)35-12-13-36(53)46-41(35)55/h1-11,20,25,28-29,34-35,45H,12-19,21-24H2,(H2,44,54)(H,46,53,55).